The monoisotopic (exact) mass is 284 g/mol. The van der Waals surface area contributed by atoms with Crippen molar-refractivity contribution in [1.29, 1.82) is 0 Å². The second-order valence-electron chi connectivity index (χ2n) is 3.98. The number of nitrogens with zero attached hydrogens (tertiary/aromatic N) is 1. The molecule has 1 aromatic rings. The van der Waals surface area contributed by atoms with Gasteiger partial charge in [-0.25, -0.2) is 0 Å². The van der Waals surface area contributed by atoms with Crippen molar-refractivity contribution in [2.75, 3.05) is 23.4 Å². The van der Waals surface area contributed by atoms with Crippen LogP contribution >= 0.6 is 11.8 Å². The Morgan fingerprint density at radius 3 is 2.74 bits per heavy atom. The van der Waals surface area contributed by atoms with Gasteiger partial charge in [0.25, 0.3) is 5.69 Å². The van der Waals surface area contributed by atoms with Crippen LogP contribution in [0.15, 0.2) is 12.1 Å². The Labute approximate surface area is 115 Å². The fourth-order valence-electron chi connectivity index (χ4n) is 1.52. The molecule has 0 aliphatic heterocycles. The molecule has 0 radical (unpaired) electrons. The molecule has 0 fully saturated rings. The van der Waals surface area contributed by atoms with E-state index in [1.165, 1.54) is 17.8 Å². The summed E-state index contributed by atoms with van der Waals surface area (Å²) >= 11 is 1.27. The standard InChI is InChI=1S/C12H16N2O4S/c1-8-3-4-10(14(17)18)12(9(8)2)13-11(16)7-19-6-5-15/h3-4,15H,5-7H2,1-2H3,(H,13,16). The first kappa shape index (κ1) is 15.5. The molecule has 0 atom stereocenters. The maximum absolute atomic E-state index is 11.7. The molecule has 1 aromatic carbocycles. The fourth-order valence-corrected chi connectivity index (χ4v) is 2.05. The number of aliphatic hydroxyl groups is 1. The smallest absolute Gasteiger partial charge is 0.293 e. The number of nitro groups is 1. The Morgan fingerprint density at radius 2 is 2.16 bits per heavy atom. The summed E-state index contributed by atoms with van der Waals surface area (Å²) in [5.74, 6) is 0.309. The second-order valence-corrected chi connectivity index (χ2v) is 5.09. The van der Waals surface area contributed by atoms with Crippen molar-refractivity contribution in [2.24, 2.45) is 0 Å². The van der Waals surface area contributed by atoms with E-state index in [4.69, 9.17) is 5.11 Å². The lowest BCUT2D eigenvalue weighted by atomic mass is 10.1. The Hall–Kier alpha value is -1.60. The van der Waals surface area contributed by atoms with Crippen LogP contribution in [-0.2, 0) is 4.79 Å². The summed E-state index contributed by atoms with van der Waals surface area (Å²) in [6.45, 7) is 3.57. The molecule has 0 saturated carbocycles. The molecular formula is C12H16N2O4S. The highest BCUT2D eigenvalue weighted by Gasteiger charge is 2.19. The third kappa shape index (κ3) is 4.22. The van der Waals surface area contributed by atoms with Crippen molar-refractivity contribution >= 4 is 29.0 Å². The summed E-state index contributed by atoms with van der Waals surface area (Å²) in [6.07, 6.45) is 0. The Kier molecular flexibility index (Phi) is 5.78. The number of hydrogen-bond acceptors (Lipinski definition) is 5. The summed E-state index contributed by atoms with van der Waals surface area (Å²) in [5.41, 5.74) is 1.71. The quantitative estimate of drug-likeness (QED) is 0.472. The Bertz CT molecular complexity index is 491. The van der Waals surface area contributed by atoms with Gasteiger partial charge in [-0.15, -0.1) is 11.8 Å². The minimum Gasteiger partial charge on any atom is -0.396 e. The minimum absolute atomic E-state index is 0.00155. The van der Waals surface area contributed by atoms with Crippen molar-refractivity contribution in [3.63, 3.8) is 0 Å². The van der Waals surface area contributed by atoms with Crippen molar-refractivity contribution in [1.82, 2.24) is 0 Å². The number of benzene rings is 1. The van der Waals surface area contributed by atoms with Gasteiger partial charge in [-0.3, -0.25) is 14.9 Å². The summed E-state index contributed by atoms with van der Waals surface area (Å²) < 4.78 is 0. The number of carbonyl (C=O) groups is 1. The molecule has 0 aromatic heterocycles. The zero-order valence-corrected chi connectivity index (χ0v) is 11.6. The van der Waals surface area contributed by atoms with E-state index >= 15 is 0 Å². The molecule has 0 saturated heterocycles. The molecule has 0 spiro atoms. The summed E-state index contributed by atoms with van der Waals surface area (Å²) in [7, 11) is 0. The van der Waals surface area contributed by atoms with Gasteiger partial charge >= 0.3 is 0 Å². The largest absolute Gasteiger partial charge is 0.396 e. The van der Waals surface area contributed by atoms with Gasteiger partial charge in [0.15, 0.2) is 0 Å². The molecule has 0 heterocycles. The Balaban J connectivity index is 2.89. The third-order valence-electron chi connectivity index (χ3n) is 2.64. The molecule has 2 N–H and O–H groups in total. The van der Waals surface area contributed by atoms with E-state index in [1.807, 2.05) is 6.92 Å². The van der Waals surface area contributed by atoms with Crippen LogP contribution in [0.25, 0.3) is 0 Å². The first-order valence-corrected chi connectivity index (χ1v) is 6.86. The molecule has 7 heteroatoms. The van der Waals surface area contributed by atoms with Crippen LogP contribution in [0.5, 0.6) is 0 Å². The molecule has 0 aliphatic rings. The first-order valence-electron chi connectivity index (χ1n) is 5.70. The van der Waals surface area contributed by atoms with Gasteiger partial charge in [0, 0.05) is 11.8 Å². The molecule has 6 nitrogen and oxygen atoms in total. The zero-order valence-electron chi connectivity index (χ0n) is 10.8. The molecule has 19 heavy (non-hydrogen) atoms. The van der Waals surface area contributed by atoms with E-state index in [0.29, 0.717) is 11.3 Å². The lowest BCUT2D eigenvalue weighted by Crippen LogP contribution is -2.17. The van der Waals surface area contributed by atoms with E-state index in [0.717, 1.165) is 5.56 Å². The van der Waals surface area contributed by atoms with Crippen LogP contribution in [0.2, 0.25) is 0 Å². The predicted molar refractivity (Wildman–Crippen MR) is 75.6 cm³/mol. The second kappa shape index (κ2) is 7.10. The SMILES string of the molecule is Cc1ccc([N+](=O)[O-])c(NC(=O)CSCCO)c1C. The fraction of sp³-hybridized carbons (Fsp3) is 0.417. The van der Waals surface area contributed by atoms with Crippen molar-refractivity contribution < 1.29 is 14.8 Å². The maximum Gasteiger partial charge on any atom is 0.293 e. The van der Waals surface area contributed by atoms with Gasteiger partial charge in [0.1, 0.15) is 5.69 Å². The highest BCUT2D eigenvalue weighted by atomic mass is 32.2. The van der Waals surface area contributed by atoms with Crippen molar-refractivity contribution in [3.05, 3.63) is 33.4 Å². The molecule has 0 aliphatic carbocycles. The zero-order chi connectivity index (χ0) is 14.4. The van der Waals surface area contributed by atoms with Gasteiger partial charge in [0.05, 0.1) is 17.3 Å². The number of anilines is 1. The number of carbonyl (C=O) groups excluding carboxylic acids is 1. The third-order valence-corrected chi connectivity index (χ3v) is 3.58. The number of thioether (sulfide) groups is 1. The van der Waals surface area contributed by atoms with Gasteiger partial charge in [-0.1, -0.05) is 6.07 Å². The normalized spacial score (nSPS) is 10.3. The predicted octanol–water partition coefficient (Wildman–Crippen LogP) is 1.88. The molecule has 0 unspecified atom stereocenters. The number of nitrogens with one attached hydrogen (secondary N) is 1. The number of rotatable bonds is 6. The Morgan fingerprint density at radius 1 is 1.47 bits per heavy atom. The number of amides is 1. The molecule has 0 bridgehead atoms. The van der Waals surface area contributed by atoms with Crippen LogP contribution in [0.1, 0.15) is 11.1 Å². The number of nitro benzene ring substituents is 1. The van der Waals surface area contributed by atoms with Crippen molar-refractivity contribution in [2.45, 2.75) is 13.8 Å². The number of aliphatic hydroxyl groups excluding tert-OH is 1. The average molecular weight is 284 g/mol. The van der Waals surface area contributed by atoms with Crippen LogP contribution in [0, 0.1) is 24.0 Å². The average Bonchev–Trinajstić information content (AvgIpc) is 2.35. The molecule has 1 rings (SSSR count). The van der Waals surface area contributed by atoms with E-state index < -0.39 is 4.92 Å². The van der Waals surface area contributed by atoms with E-state index in [2.05, 4.69) is 5.32 Å². The lowest BCUT2D eigenvalue weighted by molar-refractivity contribution is -0.384. The maximum atomic E-state index is 11.7. The summed E-state index contributed by atoms with van der Waals surface area (Å²) in [6, 6.07) is 3.04. The number of aryl methyl sites for hydroxylation is 1. The summed E-state index contributed by atoms with van der Waals surface area (Å²) in [5, 5.41) is 22.1. The van der Waals surface area contributed by atoms with Crippen LogP contribution in [0.4, 0.5) is 11.4 Å². The van der Waals surface area contributed by atoms with E-state index in [1.54, 1.807) is 13.0 Å². The van der Waals surface area contributed by atoms with E-state index in [9.17, 15) is 14.9 Å². The molecular weight excluding hydrogens is 268 g/mol. The van der Waals surface area contributed by atoms with Gasteiger partial charge in [0.2, 0.25) is 5.91 Å². The van der Waals surface area contributed by atoms with Gasteiger partial charge in [-0.2, -0.15) is 0 Å². The highest BCUT2D eigenvalue weighted by Crippen LogP contribution is 2.30. The van der Waals surface area contributed by atoms with Crippen molar-refractivity contribution in [3.8, 4) is 0 Å². The van der Waals surface area contributed by atoms with Crippen LogP contribution in [-0.4, -0.2) is 34.0 Å². The number of hydrogen-bond donors (Lipinski definition) is 2. The van der Waals surface area contributed by atoms with E-state index in [-0.39, 0.29) is 29.6 Å². The van der Waals surface area contributed by atoms with Gasteiger partial charge < -0.3 is 10.4 Å². The topological polar surface area (TPSA) is 92.5 Å². The molecule has 1 amide bonds. The summed E-state index contributed by atoms with van der Waals surface area (Å²) in [4.78, 5) is 22.1. The molecule has 104 valence electrons. The highest BCUT2D eigenvalue weighted by molar-refractivity contribution is 7.99. The lowest BCUT2D eigenvalue weighted by Gasteiger charge is -2.10. The van der Waals surface area contributed by atoms with Gasteiger partial charge in [-0.05, 0) is 25.0 Å². The van der Waals surface area contributed by atoms with Crippen LogP contribution in [0.3, 0.4) is 0 Å². The minimum atomic E-state index is -0.511. The first-order chi connectivity index (χ1) is 8.97. The van der Waals surface area contributed by atoms with Crippen LogP contribution < -0.4 is 5.32 Å².